The smallest absolute Gasteiger partial charge is 0.316 e. The van der Waals surface area contributed by atoms with Crippen LogP contribution in [0, 0.1) is 0 Å². The van der Waals surface area contributed by atoms with E-state index in [1.54, 1.807) is 12.1 Å². The van der Waals surface area contributed by atoms with Crippen LogP contribution in [0.5, 0.6) is 0 Å². The van der Waals surface area contributed by atoms with E-state index in [4.69, 9.17) is 9.88 Å². The Morgan fingerprint density at radius 1 is 1.33 bits per heavy atom. The lowest BCUT2D eigenvalue weighted by atomic mass is 10.1. The molecular weight excluding hydrogens is 294 g/mol. The Bertz CT molecular complexity index is 580. The maximum Gasteiger partial charge on any atom is 0.316 e. The average Bonchev–Trinajstić information content (AvgIpc) is 2.91. The molecule has 1 aliphatic rings. The number of sulfonamides is 1. The zero-order valence-electron chi connectivity index (χ0n) is 11.5. The summed E-state index contributed by atoms with van der Waals surface area (Å²) in [4.78, 5) is 11.7. The topological polar surface area (TPSA) is 111 Å². The molecule has 1 aromatic carbocycles. The molecule has 8 heteroatoms. The first-order chi connectivity index (χ1) is 9.95. The van der Waals surface area contributed by atoms with Crippen LogP contribution >= 0.6 is 0 Å². The van der Waals surface area contributed by atoms with Crippen molar-refractivity contribution in [3.05, 3.63) is 29.8 Å². The van der Waals surface area contributed by atoms with Crippen LogP contribution in [0.15, 0.2) is 29.2 Å². The largest absolute Gasteiger partial charge is 0.358 e. The van der Waals surface area contributed by atoms with Gasteiger partial charge in [-0.25, -0.2) is 18.4 Å². The quantitative estimate of drug-likeness (QED) is 0.726. The van der Waals surface area contributed by atoms with Gasteiger partial charge in [-0.1, -0.05) is 12.1 Å². The monoisotopic (exact) mass is 313 g/mol. The predicted octanol–water partition coefficient (Wildman–Crippen LogP) is 0.312. The fourth-order valence-electron chi connectivity index (χ4n) is 2.05. The normalized spacial score (nSPS) is 18.4. The van der Waals surface area contributed by atoms with Crippen molar-refractivity contribution >= 4 is 16.1 Å². The number of amides is 2. The molecule has 1 unspecified atom stereocenters. The molecule has 1 aromatic rings. The Balaban J connectivity index is 1.74. The Kier molecular flexibility index (Phi) is 5.16. The van der Waals surface area contributed by atoms with E-state index in [-0.39, 0.29) is 17.2 Å². The zero-order chi connectivity index (χ0) is 15.3. The lowest BCUT2D eigenvalue weighted by molar-refractivity contribution is 0.0908. The molecule has 116 valence electrons. The van der Waals surface area contributed by atoms with Crippen LogP contribution in [0.4, 0.5) is 4.79 Å². The Hall–Kier alpha value is -1.64. The van der Waals surface area contributed by atoms with Gasteiger partial charge < -0.3 is 15.4 Å². The van der Waals surface area contributed by atoms with E-state index in [1.165, 1.54) is 12.1 Å². The van der Waals surface area contributed by atoms with Crippen LogP contribution in [0.3, 0.4) is 0 Å². The van der Waals surface area contributed by atoms with Crippen molar-refractivity contribution in [1.29, 1.82) is 0 Å². The first kappa shape index (κ1) is 15.7. The van der Waals surface area contributed by atoms with Crippen molar-refractivity contribution in [1.82, 2.24) is 10.6 Å². The molecular formula is C13H19N3O4S. The third-order valence-corrected chi connectivity index (χ3v) is 4.10. The molecule has 0 radical (unpaired) electrons. The molecule has 2 amide bonds. The van der Waals surface area contributed by atoms with Gasteiger partial charge in [-0.15, -0.1) is 0 Å². The lowest BCUT2D eigenvalue weighted by Crippen LogP contribution is -2.42. The molecule has 7 nitrogen and oxygen atoms in total. The molecule has 1 saturated heterocycles. The van der Waals surface area contributed by atoms with Crippen LogP contribution in [-0.4, -0.2) is 33.8 Å². The van der Waals surface area contributed by atoms with Crippen molar-refractivity contribution in [3.63, 3.8) is 0 Å². The second-order valence-corrected chi connectivity index (χ2v) is 6.40. The van der Waals surface area contributed by atoms with Gasteiger partial charge in [-0.05, 0) is 37.0 Å². The molecule has 0 saturated carbocycles. The van der Waals surface area contributed by atoms with Gasteiger partial charge >= 0.3 is 6.03 Å². The minimum absolute atomic E-state index is 0.0790. The number of benzene rings is 1. The number of carbonyl (C=O) groups is 1. The maximum absolute atomic E-state index is 11.6. The van der Waals surface area contributed by atoms with E-state index >= 15 is 0 Å². The van der Waals surface area contributed by atoms with E-state index in [2.05, 4.69) is 10.6 Å². The van der Waals surface area contributed by atoms with E-state index < -0.39 is 10.0 Å². The summed E-state index contributed by atoms with van der Waals surface area (Å²) in [5, 5.41) is 10.5. The number of nitrogens with two attached hydrogens (primary N) is 1. The van der Waals surface area contributed by atoms with Gasteiger partial charge in [0.1, 0.15) is 6.23 Å². The number of nitrogens with one attached hydrogen (secondary N) is 2. The fraction of sp³-hybridized carbons (Fsp3) is 0.462. The van der Waals surface area contributed by atoms with Gasteiger partial charge in [0.15, 0.2) is 0 Å². The molecule has 21 heavy (non-hydrogen) atoms. The summed E-state index contributed by atoms with van der Waals surface area (Å²) in [6, 6.07) is 6.01. The summed E-state index contributed by atoms with van der Waals surface area (Å²) in [6.45, 7) is 1.13. The highest BCUT2D eigenvalue weighted by molar-refractivity contribution is 7.89. The lowest BCUT2D eigenvalue weighted by Gasteiger charge is -2.12. The standard InChI is InChI=1S/C13H19N3O4S/c14-21(18,19)11-5-3-10(4-6-11)7-8-15-13(17)16-12-2-1-9-20-12/h3-6,12H,1-2,7-9H2,(H2,14,18,19)(H2,15,16,17). The third-order valence-electron chi connectivity index (χ3n) is 3.17. The summed E-state index contributed by atoms with van der Waals surface area (Å²) >= 11 is 0. The Morgan fingerprint density at radius 2 is 2.05 bits per heavy atom. The zero-order valence-corrected chi connectivity index (χ0v) is 12.4. The van der Waals surface area contributed by atoms with E-state index in [0.717, 1.165) is 18.4 Å². The highest BCUT2D eigenvalue weighted by atomic mass is 32.2. The number of hydrogen-bond donors (Lipinski definition) is 3. The highest BCUT2D eigenvalue weighted by Gasteiger charge is 2.17. The molecule has 0 aliphatic carbocycles. The number of hydrogen-bond acceptors (Lipinski definition) is 4. The summed E-state index contributed by atoms with van der Waals surface area (Å²) in [5.74, 6) is 0. The Labute approximate surface area is 123 Å². The maximum atomic E-state index is 11.6. The summed E-state index contributed by atoms with van der Waals surface area (Å²) in [5.41, 5.74) is 0.916. The molecule has 4 N–H and O–H groups in total. The first-order valence-electron chi connectivity index (χ1n) is 6.73. The summed E-state index contributed by atoms with van der Waals surface area (Å²) in [6.07, 6.45) is 2.20. The van der Waals surface area contributed by atoms with Crippen LogP contribution in [0.1, 0.15) is 18.4 Å². The minimum Gasteiger partial charge on any atom is -0.358 e. The molecule has 1 atom stereocenters. The number of primary sulfonamides is 1. The van der Waals surface area contributed by atoms with E-state index in [9.17, 15) is 13.2 Å². The third kappa shape index (κ3) is 5.00. The van der Waals surface area contributed by atoms with Gasteiger partial charge in [0.05, 0.1) is 4.90 Å². The molecule has 1 fully saturated rings. The number of rotatable bonds is 5. The molecule has 0 bridgehead atoms. The molecule has 0 spiro atoms. The van der Waals surface area contributed by atoms with Crippen LogP contribution < -0.4 is 15.8 Å². The first-order valence-corrected chi connectivity index (χ1v) is 8.27. The molecule has 0 aromatic heterocycles. The second kappa shape index (κ2) is 6.88. The summed E-state index contributed by atoms with van der Waals surface area (Å²) < 4.78 is 27.5. The molecule has 2 rings (SSSR count). The Morgan fingerprint density at radius 3 is 2.62 bits per heavy atom. The second-order valence-electron chi connectivity index (χ2n) is 4.84. The average molecular weight is 313 g/mol. The van der Waals surface area contributed by atoms with Crippen LogP contribution in [0.2, 0.25) is 0 Å². The van der Waals surface area contributed by atoms with Crippen LogP contribution in [-0.2, 0) is 21.2 Å². The SMILES string of the molecule is NS(=O)(=O)c1ccc(CCNC(=O)NC2CCCO2)cc1. The van der Waals surface area contributed by atoms with Crippen LogP contribution in [0.25, 0.3) is 0 Å². The molecule has 1 aliphatic heterocycles. The number of carbonyl (C=O) groups excluding carboxylic acids is 1. The van der Waals surface area contributed by atoms with Gasteiger partial charge in [0, 0.05) is 13.2 Å². The number of ether oxygens (including phenoxy) is 1. The fourth-order valence-corrected chi connectivity index (χ4v) is 2.57. The highest BCUT2D eigenvalue weighted by Crippen LogP contribution is 2.09. The summed E-state index contributed by atoms with van der Waals surface area (Å²) in [7, 11) is -3.66. The van der Waals surface area contributed by atoms with Crippen molar-refractivity contribution < 1.29 is 17.9 Å². The van der Waals surface area contributed by atoms with E-state index in [0.29, 0.717) is 19.6 Å². The molecule has 1 heterocycles. The predicted molar refractivity (Wildman–Crippen MR) is 77.0 cm³/mol. The van der Waals surface area contributed by atoms with Crippen molar-refractivity contribution in [2.45, 2.75) is 30.4 Å². The van der Waals surface area contributed by atoms with Gasteiger partial charge in [-0.3, -0.25) is 0 Å². The van der Waals surface area contributed by atoms with Crippen molar-refractivity contribution in [2.75, 3.05) is 13.2 Å². The van der Waals surface area contributed by atoms with Crippen molar-refractivity contribution in [2.24, 2.45) is 5.14 Å². The van der Waals surface area contributed by atoms with Gasteiger partial charge in [0.2, 0.25) is 10.0 Å². The van der Waals surface area contributed by atoms with Gasteiger partial charge in [-0.2, -0.15) is 0 Å². The number of urea groups is 1. The minimum atomic E-state index is -3.66. The van der Waals surface area contributed by atoms with Gasteiger partial charge in [0.25, 0.3) is 0 Å². The van der Waals surface area contributed by atoms with E-state index in [1.807, 2.05) is 0 Å². The van der Waals surface area contributed by atoms with Crippen molar-refractivity contribution in [3.8, 4) is 0 Å².